The molecule has 1 aromatic rings. The van der Waals surface area contributed by atoms with Crippen molar-refractivity contribution in [2.75, 3.05) is 11.4 Å². The molecule has 0 saturated carbocycles. The molecule has 0 spiro atoms. The Labute approximate surface area is 87.7 Å². The molecule has 1 saturated heterocycles. The molecule has 0 bridgehead atoms. The zero-order valence-electron chi connectivity index (χ0n) is 8.32. The van der Waals surface area contributed by atoms with Gasteiger partial charge < -0.3 is 10.6 Å². The number of benzene rings is 1. The predicted molar refractivity (Wildman–Crippen MR) is 56.0 cm³/mol. The fourth-order valence-electron chi connectivity index (χ4n) is 1.81. The van der Waals surface area contributed by atoms with Crippen molar-refractivity contribution in [2.45, 2.75) is 18.9 Å². The zero-order valence-corrected chi connectivity index (χ0v) is 8.32. The minimum absolute atomic E-state index is 0.189. The first-order valence-electron chi connectivity index (χ1n) is 5.01. The van der Waals surface area contributed by atoms with Crippen LogP contribution in [0.5, 0.6) is 0 Å². The Hall–Kier alpha value is -1.42. The molecule has 3 nitrogen and oxygen atoms in total. The van der Waals surface area contributed by atoms with Crippen LogP contribution in [0.4, 0.5) is 10.1 Å². The van der Waals surface area contributed by atoms with E-state index in [-0.39, 0.29) is 11.7 Å². The first kappa shape index (κ1) is 10.1. The number of nitrogens with two attached hydrogens (primary N) is 1. The Kier molecular flexibility index (Phi) is 2.68. The van der Waals surface area contributed by atoms with Crippen molar-refractivity contribution < 1.29 is 9.18 Å². The average molecular weight is 208 g/mol. The largest absolute Gasteiger partial charge is 0.320 e. The maximum atomic E-state index is 13.4. The van der Waals surface area contributed by atoms with Crippen LogP contribution in [0, 0.1) is 5.82 Å². The molecule has 1 atom stereocenters. The Morgan fingerprint density at radius 1 is 1.40 bits per heavy atom. The van der Waals surface area contributed by atoms with Crippen molar-refractivity contribution in [3.63, 3.8) is 0 Å². The molecule has 1 amide bonds. The summed E-state index contributed by atoms with van der Waals surface area (Å²) in [4.78, 5) is 13.1. The van der Waals surface area contributed by atoms with E-state index in [1.165, 1.54) is 11.0 Å². The molecule has 1 heterocycles. The standard InChI is InChI=1S/C11H13FN2O/c12-8-4-1-2-6-10(8)14-7-3-5-9(13)11(14)15/h1-2,4,6,9H,3,5,7,13H2/t9-/m0/s1. The lowest BCUT2D eigenvalue weighted by atomic mass is 10.0. The van der Waals surface area contributed by atoms with Crippen molar-refractivity contribution in [1.82, 2.24) is 0 Å². The smallest absolute Gasteiger partial charge is 0.243 e. The van der Waals surface area contributed by atoms with Crippen LogP contribution < -0.4 is 10.6 Å². The second kappa shape index (κ2) is 3.98. The quantitative estimate of drug-likeness (QED) is 0.755. The van der Waals surface area contributed by atoms with Gasteiger partial charge in [-0.1, -0.05) is 12.1 Å². The number of piperidine rings is 1. The van der Waals surface area contributed by atoms with E-state index in [0.29, 0.717) is 18.7 Å². The number of carbonyl (C=O) groups is 1. The maximum Gasteiger partial charge on any atom is 0.243 e. The number of anilines is 1. The molecule has 2 N–H and O–H groups in total. The average Bonchev–Trinajstić information content (AvgIpc) is 2.23. The Balaban J connectivity index is 2.30. The van der Waals surface area contributed by atoms with Crippen LogP contribution in [0.2, 0.25) is 0 Å². The summed E-state index contributed by atoms with van der Waals surface area (Å²) in [6.45, 7) is 0.549. The van der Waals surface area contributed by atoms with Crippen molar-refractivity contribution >= 4 is 11.6 Å². The first-order valence-corrected chi connectivity index (χ1v) is 5.01. The highest BCUT2D eigenvalue weighted by molar-refractivity contribution is 5.97. The van der Waals surface area contributed by atoms with Crippen molar-refractivity contribution in [2.24, 2.45) is 5.73 Å². The van der Waals surface area contributed by atoms with Gasteiger partial charge >= 0.3 is 0 Å². The lowest BCUT2D eigenvalue weighted by molar-refractivity contribution is -0.120. The molecule has 0 unspecified atom stereocenters. The molecule has 0 radical (unpaired) electrons. The molecule has 1 fully saturated rings. The highest BCUT2D eigenvalue weighted by Crippen LogP contribution is 2.22. The van der Waals surface area contributed by atoms with Gasteiger partial charge in [0.05, 0.1) is 11.7 Å². The highest BCUT2D eigenvalue weighted by atomic mass is 19.1. The summed E-state index contributed by atoms with van der Waals surface area (Å²) in [5.74, 6) is -0.564. The zero-order chi connectivity index (χ0) is 10.8. The molecule has 1 aromatic carbocycles. The molecule has 4 heteroatoms. The Bertz CT molecular complexity index is 381. The lowest BCUT2D eigenvalue weighted by Crippen LogP contribution is -2.48. The number of nitrogens with zero attached hydrogens (tertiary/aromatic N) is 1. The first-order chi connectivity index (χ1) is 7.20. The van der Waals surface area contributed by atoms with Gasteiger partial charge in [-0.15, -0.1) is 0 Å². The Morgan fingerprint density at radius 3 is 2.87 bits per heavy atom. The van der Waals surface area contributed by atoms with E-state index in [9.17, 15) is 9.18 Å². The van der Waals surface area contributed by atoms with Crippen LogP contribution in [0.25, 0.3) is 0 Å². The summed E-state index contributed by atoms with van der Waals surface area (Å²) in [6, 6.07) is 5.78. The van der Waals surface area contributed by atoms with Gasteiger partial charge in [0.1, 0.15) is 5.82 Å². The van der Waals surface area contributed by atoms with Crippen LogP contribution in [-0.2, 0) is 4.79 Å². The lowest BCUT2D eigenvalue weighted by Gasteiger charge is -2.30. The topological polar surface area (TPSA) is 46.3 Å². The van der Waals surface area contributed by atoms with Crippen LogP contribution in [0.1, 0.15) is 12.8 Å². The Morgan fingerprint density at radius 2 is 2.13 bits per heavy atom. The van der Waals surface area contributed by atoms with Crippen molar-refractivity contribution in [3.8, 4) is 0 Å². The van der Waals surface area contributed by atoms with Gasteiger partial charge in [0.25, 0.3) is 0 Å². The fourth-order valence-corrected chi connectivity index (χ4v) is 1.81. The molecule has 1 aliphatic heterocycles. The van der Waals surface area contributed by atoms with E-state index in [2.05, 4.69) is 0 Å². The molecule has 2 rings (SSSR count). The number of hydrogen-bond donors (Lipinski definition) is 1. The van der Waals surface area contributed by atoms with E-state index in [1.54, 1.807) is 18.2 Å². The third-order valence-electron chi connectivity index (χ3n) is 2.62. The minimum Gasteiger partial charge on any atom is -0.320 e. The summed E-state index contributed by atoms with van der Waals surface area (Å²) in [5, 5.41) is 0. The van der Waals surface area contributed by atoms with Gasteiger partial charge in [-0.3, -0.25) is 4.79 Å². The number of amides is 1. The molecule has 80 valence electrons. The molecule has 0 aromatic heterocycles. The fraction of sp³-hybridized carbons (Fsp3) is 0.364. The number of carbonyl (C=O) groups excluding carboxylic acids is 1. The molecule has 1 aliphatic rings. The van der Waals surface area contributed by atoms with Gasteiger partial charge in [0.15, 0.2) is 0 Å². The summed E-state index contributed by atoms with van der Waals surface area (Å²) in [6.07, 6.45) is 1.50. The van der Waals surface area contributed by atoms with Gasteiger partial charge in [0, 0.05) is 6.54 Å². The summed E-state index contributed by atoms with van der Waals surface area (Å²) in [7, 11) is 0. The SMILES string of the molecule is N[C@H]1CCCN(c2ccccc2F)C1=O. The number of halogens is 1. The third kappa shape index (κ3) is 1.85. The molecular formula is C11H13FN2O. The van der Waals surface area contributed by atoms with Gasteiger partial charge in [-0.25, -0.2) is 4.39 Å². The van der Waals surface area contributed by atoms with E-state index >= 15 is 0 Å². The van der Waals surface area contributed by atoms with E-state index in [4.69, 9.17) is 5.73 Å². The van der Waals surface area contributed by atoms with Gasteiger partial charge in [0.2, 0.25) is 5.91 Å². The molecular weight excluding hydrogens is 195 g/mol. The van der Waals surface area contributed by atoms with Crippen LogP contribution in [0.15, 0.2) is 24.3 Å². The van der Waals surface area contributed by atoms with Crippen LogP contribution >= 0.6 is 0 Å². The number of para-hydroxylation sites is 1. The van der Waals surface area contributed by atoms with Gasteiger partial charge in [-0.2, -0.15) is 0 Å². The number of hydrogen-bond acceptors (Lipinski definition) is 2. The highest BCUT2D eigenvalue weighted by Gasteiger charge is 2.27. The van der Waals surface area contributed by atoms with Crippen LogP contribution in [-0.4, -0.2) is 18.5 Å². The second-order valence-electron chi connectivity index (χ2n) is 3.69. The monoisotopic (exact) mass is 208 g/mol. The predicted octanol–water partition coefficient (Wildman–Crippen LogP) is 1.28. The second-order valence-corrected chi connectivity index (χ2v) is 3.69. The minimum atomic E-state index is -0.488. The third-order valence-corrected chi connectivity index (χ3v) is 2.62. The molecule has 0 aliphatic carbocycles. The normalized spacial score (nSPS) is 21.9. The summed E-state index contributed by atoms with van der Waals surface area (Å²) in [5.41, 5.74) is 5.97. The maximum absolute atomic E-state index is 13.4. The van der Waals surface area contributed by atoms with Crippen molar-refractivity contribution in [3.05, 3.63) is 30.1 Å². The van der Waals surface area contributed by atoms with Crippen molar-refractivity contribution in [1.29, 1.82) is 0 Å². The van der Waals surface area contributed by atoms with E-state index < -0.39 is 6.04 Å². The molecule has 15 heavy (non-hydrogen) atoms. The van der Waals surface area contributed by atoms with E-state index in [1.807, 2.05) is 0 Å². The van der Waals surface area contributed by atoms with E-state index in [0.717, 1.165) is 6.42 Å². The van der Waals surface area contributed by atoms with Gasteiger partial charge in [-0.05, 0) is 25.0 Å². The summed E-state index contributed by atoms with van der Waals surface area (Å²) >= 11 is 0. The summed E-state index contributed by atoms with van der Waals surface area (Å²) < 4.78 is 13.4. The van der Waals surface area contributed by atoms with Crippen LogP contribution in [0.3, 0.4) is 0 Å². The number of rotatable bonds is 1.